The molecular weight excluding hydrogens is 355 g/mol. The van der Waals surface area contributed by atoms with Gasteiger partial charge in [0.05, 0.1) is 17.7 Å². The second-order valence-corrected chi connectivity index (χ2v) is 8.48. The molecule has 0 N–H and O–H groups in total. The molecule has 7 heteroatoms. The smallest absolute Gasteiger partial charge is 0.502 e. The minimum Gasteiger partial charge on any atom is -0.509 e. The second kappa shape index (κ2) is 6.01. The molecule has 3 aliphatic heterocycles. The first-order valence-electron chi connectivity index (χ1n) is 9.75. The largest absolute Gasteiger partial charge is 0.509 e. The molecule has 2 aromatic carbocycles. The van der Waals surface area contributed by atoms with Crippen LogP contribution < -0.4 is 5.46 Å². The third-order valence-corrected chi connectivity index (χ3v) is 6.43. The van der Waals surface area contributed by atoms with Crippen LogP contribution in [0.15, 0.2) is 42.5 Å². The van der Waals surface area contributed by atoms with E-state index >= 15 is 0 Å². The monoisotopic (exact) mass is 378 g/mol. The van der Waals surface area contributed by atoms with E-state index in [1.165, 1.54) is 4.90 Å². The van der Waals surface area contributed by atoms with E-state index in [9.17, 15) is 9.59 Å². The Balaban J connectivity index is 1.49. The van der Waals surface area contributed by atoms with Gasteiger partial charge in [-0.25, -0.2) is 0 Å². The number of carbonyl (C=O) groups excluding carboxylic acids is 2. The normalized spacial score (nSPS) is 25.3. The number of amides is 2. The van der Waals surface area contributed by atoms with Crippen molar-refractivity contribution in [1.82, 2.24) is 4.90 Å². The van der Waals surface area contributed by atoms with Gasteiger partial charge in [-0.15, -0.1) is 0 Å². The number of nitrogens with zero attached hydrogens (tertiary/aromatic N) is 2. The molecule has 28 heavy (non-hydrogen) atoms. The summed E-state index contributed by atoms with van der Waals surface area (Å²) in [4.78, 5) is 26.7. The predicted octanol–water partition coefficient (Wildman–Crippen LogP) is 1.66. The van der Waals surface area contributed by atoms with E-state index in [2.05, 4.69) is 20.2 Å². The average molecular weight is 378 g/mol. The summed E-state index contributed by atoms with van der Waals surface area (Å²) in [6.07, 6.45) is 1.00. The van der Waals surface area contributed by atoms with Crippen LogP contribution in [0.5, 0.6) is 0 Å². The summed E-state index contributed by atoms with van der Waals surface area (Å²) in [6.45, 7) is 0.835. The van der Waals surface area contributed by atoms with Crippen molar-refractivity contribution < 1.29 is 23.3 Å². The van der Waals surface area contributed by atoms with Crippen LogP contribution in [0.4, 0.5) is 0 Å². The Labute approximate surface area is 164 Å². The molecular formula is C21H23BN2O4. The molecule has 1 saturated heterocycles. The molecule has 0 bridgehead atoms. The van der Waals surface area contributed by atoms with Gasteiger partial charge in [-0.2, -0.15) is 0 Å². The molecule has 1 fully saturated rings. The first-order chi connectivity index (χ1) is 13.4. The van der Waals surface area contributed by atoms with Crippen LogP contribution in [-0.2, 0) is 22.5 Å². The van der Waals surface area contributed by atoms with Crippen molar-refractivity contribution in [3.63, 3.8) is 0 Å². The molecule has 0 saturated carbocycles. The summed E-state index contributed by atoms with van der Waals surface area (Å²) in [5.41, 5.74) is 4.06. The molecule has 2 amide bonds. The van der Waals surface area contributed by atoms with Crippen LogP contribution in [0.2, 0.25) is 0 Å². The fraction of sp³-hybridized carbons (Fsp3) is 0.333. The lowest BCUT2D eigenvalue weighted by Crippen LogP contribution is -2.74. The maximum atomic E-state index is 12.7. The first kappa shape index (κ1) is 17.6. The molecule has 0 radical (unpaired) electrons. The van der Waals surface area contributed by atoms with Crippen LogP contribution in [0.3, 0.4) is 0 Å². The van der Waals surface area contributed by atoms with Gasteiger partial charge in [-0.3, -0.25) is 14.5 Å². The number of quaternary nitrogens is 1. The quantitative estimate of drug-likeness (QED) is 0.589. The third-order valence-electron chi connectivity index (χ3n) is 6.43. The average Bonchev–Trinajstić information content (AvgIpc) is 3.17. The highest BCUT2D eigenvalue weighted by Gasteiger charge is 2.53. The Morgan fingerprint density at radius 2 is 1.75 bits per heavy atom. The van der Waals surface area contributed by atoms with Crippen LogP contribution in [0.25, 0.3) is 0 Å². The van der Waals surface area contributed by atoms with E-state index in [0.29, 0.717) is 28.7 Å². The fourth-order valence-electron chi connectivity index (χ4n) is 4.87. The van der Waals surface area contributed by atoms with Gasteiger partial charge in [-0.1, -0.05) is 35.8 Å². The second-order valence-electron chi connectivity index (χ2n) is 8.48. The lowest BCUT2D eigenvalue weighted by Gasteiger charge is -2.55. The Bertz CT molecular complexity index is 967. The number of benzene rings is 2. The van der Waals surface area contributed by atoms with Crippen molar-refractivity contribution in [2.75, 3.05) is 27.2 Å². The highest BCUT2D eigenvalue weighted by molar-refractivity contribution is 6.76. The summed E-state index contributed by atoms with van der Waals surface area (Å²) in [7, 11) is 4.29. The molecule has 144 valence electrons. The Hall–Kier alpha value is -2.48. The van der Waals surface area contributed by atoms with Crippen molar-refractivity contribution in [3.05, 3.63) is 64.7 Å². The topological polar surface area (TPSA) is 55.8 Å². The van der Waals surface area contributed by atoms with Gasteiger partial charge in [0.15, 0.2) is 0 Å². The predicted molar refractivity (Wildman–Crippen MR) is 105 cm³/mol. The van der Waals surface area contributed by atoms with Crippen molar-refractivity contribution in [3.8, 4) is 0 Å². The molecule has 3 heterocycles. The maximum Gasteiger partial charge on any atom is 0.502 e. The van der Waals surface area contributed by atoms with Gasteiger partial charge >= 0.3 is 6.69 Å². The third kappa shape index (κ3) is 2.33. The zero-order valence-corrected chi connectivity index (χ0v) is 16.2. The summed E-state index contributed by atoms with van der Waals surface area (Å²) >= 11 is 0. The van der Waals surface area contributed by atoms with Gasteiger partial charge in [0.2, 0.25) is 0 Å². The molecule has 2 aromatic rings. The number of fused-ring (bicyclic) bond motifs is 3. The molecule has 1 unspecified atom stereocenters. The Kier molecular flexibility index (Phi) is 3.78. The Morgan fingerprint density at radius 3 is 2.43 bits per heavy atom. The summed E-state index contributed by atoms with van der Waals surface area (Å²) in [5, 5.41) is 0. The summed E-state index contributed by atoms with van der Waals surface area (Å²) < 4.78 is 13.2. The molecule has 6 nitrogen and oxygen atoms in total. The standard InChI is InChI=1S/C21H23BN2O4/c1-24(2)10-5-11-27-22(24)19-12-15(8-9-16(19)14-28-22)13-23-20(25)17-6-3-4-7-18(17)21(23)26/h3-4,6-9,12H,5,10-11,13-14H2,1-2H3. The maximum absolute atomic E-state index is 12.7. The molecule has 0 aliphatic carbocycles. The summed E-state index contributed by atoms with van der Waals surface area (Å²) in [6, 6.07) is 13.1. The van der Waals surface area contributed by atoms with Crippen LogP contribution in [0, 0.1) is 0 Å². The van der Waals surface area contributed by atoms with Crippen molar-refractivity contribution in [1.29, 1.82) is 0 Å². The van der Waals surface area contributed by atoms with Gasteiger partial charge in [0, 0.05) is 40.3 Å². The van der Waals surface area contributed by atoms with Gasteiger partial charge in [0.1, 0.15) is 0 Å². The number of hydrogen-bond acceptors (Lipinski definition) is 4. The Morgan fingerprint density at radius 1 is 1.04 bits per heavy atom. The van der Waals surface area contributed by atoms with E-state index in [1.807, 2.05) is 12.1 Å². The van der Waals surface area contributed by atoms with E-state index in [0.717, 1.165) is 29.6 Å². The zero-order chi connectivity index (χ0) is 19.5. The fourth-order valence-corrected chi connectivity index (χ4v) is 4.87. The number of carbonyl (C=O) groups is 2. The minimum absolute atomic E-state index is 0.234. The van der Waals surface area contributed by atoms with Gasteiger partial charge < -0.3 is 13.7 Å². The van der Waals surface area contributed by atoms with E-state index in [1.54, 1.807) is 24.3 Å². The number of hydrogen-bond donors (Lipinski definition) is 0. The van der Waals surface area contributed by atoms with Crippen molar-refractivity contribution >= 4 is 24.0 Å². The minimum atomic E-state index is -1.62. The number of rotatable bonds is 2. The summed E-state index contributed by atoms with van der Waals surface area (Å²) in [5.74, 6) is -0.467. The lowest BCUT2D eigenvalue weighted by atomic mass is 9.58. The van der Waals surface area contributed by atoms with Crippen LogP contribution >= 0.6 is 0 Å². The zero-order valence-electron chi connectivity index (χ0n) is 16.2. The number of imide groups is 1. The van der Waals surface area contributed by atoms with E-state index in [4.69, 9.17) is 9.31 Å². The van der Waals surface area contributed by atoms with E-state index < -0.39 is 6.69 Å². The van der Waals surface area contributed by atoms with Crippen molar-refractivity contribution in [2.45, 2.75) is 19.6 Å². The first-order valence-corrected chi connectivity index (χ1v) is 9.75. The van der Waals surface area contributed by atoms with Crippen LogP contribution in [0.1, 0.15) is 38.3 Å². The van der Waals surface area contributed by atoms with Crippen molar-refractivity contribution in [2.24, 2.45) is 0 Å². The molecule has 1 spiro atoms. The molecule has 3 aliphatic rings. The molecule has 0 aromatic heterocycles. The molecule has 1 atom stereocenters. The van der Waals surface area contributed by atoms with Crippen LogP contribution in [-0.4, -0.2) is 55.0 Å². The van der Waals surface area contributed by atoms with Gasteiger partial charge in [-0.05, 0) is 23.3 Å². The highest BCUT2D eigenvalue weighted by atomic mass is 16.6. The van der Waals surface area contributed by atoms with E-state index in [-0.39, 0.29) is 18.4 Å². The molecule has 5 rings (SSSR count). The highest BCUT2D eigenvalue weighted by Crippen LogP contribution is 2.32. The SMILES string of the molecule is C[N+]1(C)CCCO[B-]12OCc1ccc(CN3C(=O)c4ccccc4C3=O)cc12. The van der Waals surface area contributed by atoms with Gasteiger partial charge in [0.25, 0.3) is 11.8 Å². The lowest BCUT2D eigenvalue weighted by molar-refractivity contribution is -0.812.